The van der Waals surface area contributed by atoms with Crippen molar-refractivity contribution in [3.05, 3.63) is 30.1 Å². The Morgan fingerprint density at radius 1 is 1.33 bits per heavy atom. The normalized spacial score (nSPS) is 23.5. The summed E-state index contributed by atoms with van der Waals surface area (Å²) in [6, 6.07) is 5.40. The number of carboxylic acid groups (broad SMARTS) is 1. The van der Waals surface area contributed by atoms with Gasteiger partial charge in [-0.2, -0.15) is 0 Å². The molecule has 0 saturated carbocycles. The number of rotatable bonds is 4. The van der Waals surface area contributed by atoms with Crippen LogP contribution in [-0.2, 0) is 16.0 Å². The Kier molecular flexibility index (Phi) is 4.85. The highest BCUT2D eigenvalue weighted by molar-refractivity contribution is 5.74. The number of aliphatic carboxylic acids is 1. The fourth-order valence-electron chi connectivity index (χ4n) is 4.09. The van der Waals surface area contributed by atoms with Crippen LogP contribution in [-0.4, -0.2) is 64.0 Å². The number of likely N-dealkylation sites (tertiary alicyclic amines) is 2. The Morgan fingerprint density at radius 2 is 2.08 bits per heavy atom. The third-order valence-corrected chi connectivity index (χ3v) is 5.54. The zero-order chi connectivity index (χ0) is 17.2. The van der Waals surface area contributed by atoms with Crippen molar-refractivity contribution in [2.75, 3.05) is 26.2 Å². The van der Waals surface area contributed by atoms with Gasteiger partial charge in [0.2, 0.25) is 5.91 Å². The molecule has 130 valence electrons. The van der Waals surface area contributed by atoms with Crippen LogP contribution in [0, 0.1) is 5.41 Å². The van der Waals surface area contributed by atoms with Crippen molar-refractivity contribution in [2.24, 2.45) is 5.41 Å². The predicted octanol–water partition coefficient (Wildman–Crippen LogP) is 1.41. The molecular weight excluding hydrogens is 306 g/mol. The molecule has 0 aromatic carbocycles. The third kappa shape index (κ3) is 3.59. The van der Waals surface area contributed by atoms with E-state index in [-0.39, 0.29) is 11.3 Å². The topological polar surface area (TPSA) is 73.7 Å². The molecule has 2 fully saturated rings. The van der Waals surface area contributed by atoms with E-state index in [0.717, 1.165) is 44.6 Å². The molecule has 2 saturated heterocycles. The maximum absolute atomic E-state index is 11.7. The van der Waals surface area contributed by atoms with E-state index in [2.05, 4.69) is 9.88 Å². The summed E-state index contributed by atoms with van der Waals surface area (Å²) >= 11 is 0. The molecular formula is C18H25N3O3. The summed E-state index contributed by atoms with van der Waals surface area (Å²) in [4.78, 5) is 31.5. The molecule has 0 unspecified atom stereocenters. The molecule has 3 heterocycles. The van der Waals surface area contributed by atoms with Gasteiger partial charge in [-0.3, -0.25) is 19.5 Å². The quantitative estimate of drug-likeness (QED) is 0.903. The van der Waals surface area contributed by atoms with Gasteiger partial charge in [0, 0.05) is 51.4 Å². The van der Waals surface area contributed by atoms with Crippen molar-refractivity contribution in [3.63, 3.8) is 0 Å². The highest BCUT2D eigenvalue weighted by Gasteiger charge is 2.48. The lowest BCUT2D eigenvalue weighted by Crippen LogP contribution is -2.43. The SMILES string of the molecule is CC(=O)N1CCC2(CC1)C[C@@H](C(=O)O)N(CCc1ccccn1)C2. The molecule has 1 aromatic rings. The zero-order valence-corrected chi connectivity index (χ0v) is 14.1. The predicted molar refractivity (Wildman–Crippen MR) is 89.5 cm³/mol. The first-order valence-electron chi connectivity index (χ1n) is 8.61. The van der Waals surface area contributed by atoms with E-state index in [1.54, 1.807) is 13.1 Å². The van der Waals surface area contributed by atoms with Gasteiger partial charge in [-0.1, -0.05) is 6.07 Å². The molecule has 24 heavy (non-hydrogen) atoms. The molecule has 0 bridgehead atoms. The van der Waals surface area contributed by atoms with Gasteiger partial charge in [0.1, 0.15) is 6.04 Å². The second kappa shape index (κ2) is 6.89. The van der Waals surface area contributed by atoms with Gasteiger partial charge in [0.05, 0.1) is 0 Å². The van der Waals surface area contributed by atoms with Crippen LogP contribution in [0.4, 0.5) is 0 Å². The van der Waals surface area contributed by atoms with Crippen LogP contribution < -0.4 is 0 Å². The molecule has 2 aliphatic heterocycles. The molecule has 0 aliphatic carbocycles. The van der Waals surface area contributed by atoms with Crippen molar-refractivity contribution in [3.8, 4) is 0 Å². The van der Waals surface area contributed by atoms with Crippen LogP contribution in [0.1, 0.15) is 31.9 Å². The molecule has 0 radical (unpaired) electrons. The first kappa shape index (κ1) is 16.9. The molecule has 1 atom stereocenters. The van der Waals surface area contributed by atoms with Gasteiger partial charge >= 0.3 is 5.97 Å². The van der Waals surface area contributed by atoms with Gasteiger partial charge in [0.25, 0.3) is 0 Å². The molecule has 1 amide bonds. The van der Waals surface area contributed by atoms with Gasteiger partial charge in [0.15, 0.2) is 0 Å². The zero-order valence-electron chi connectivity index (χ0n) is 14.1. The highest BCUT2D eigenvalue weighted by atomic mass is 16.4. The van der Waals surface area contributed by atoms with Crippen LogP contribution in [0.15, 0.2) is 24.4 Å². The summed E-state index contributed by atoms with van der Waals surface area (Å²) in [6.07, 6.45) is 5.02. The third-order valence-electron chi connectivity index (χ3n) is 5.54. The summed E-state index contributed by atoms with van der Waals surface area (Å²) in [5.41, 5.74) is 1.04. The van der Waals surface area contributed by atoms with Crippen LogP contribution in [0.3, 0.4) is 0 Å². The summed E-state index contributed by atoms with van der Waals surface area (Å²) in [5.74, 6) is -0.619. The number of nitrogens with zero attached hydrogens (tertiary/aromatic N) is 3. The van der Waals surface area contributed by atoms with E-state index >= 15 is 0 Å². The lowest BCUT2D eigenvalue weighted by atomic mass is 9.76. The highest BCUT2D eigenvalue weighted by Crippen LogP contribution is 2.43. The first-order chi connectivity index (χ1) is 11.5. The molecule has 3 rings (SSSR count). The van der Waals surface area contributed by atoms with Gasteiger partial charge in [-0.25, -0.2) is 0 Å². The molecule has 6 nitrogen and oxygen atoms in total. The fourth-order valence-corrected chi connectivity index (χ4v) is 4.09. The molecule has 1 aromatic heterocycles. The average Bonchev–Trinajstić information content (AvgIpc) is 2.93. The molecule has 6 heteroatoms. The number of piperidine rings is 1. The van der Waals surface area contributed by atoms with E-state index in [0.29, 0.717) is 13.0 Å². The summed E-state index contributed by atoms with van der Waals surface area (Å²) in [7, 11) is 0. The number of amides is 1. The van der Waals surface area contributed by atoms with Crippen LogP contribution in [0.25, 0.3) is 0 Å². The monoisotopic (exact) mass is 331 g/mol. The number of pyridine rings is 1. The Balaban J connectivity index is 1.64. The van der Waals surface area contributed by atoms with Gasteiger partial charge < -0.3 is 10.0 Å². The van der Waals surface area contributed by atoms with Gasteiger partial charge in [-0.05, 0) is 36.8 Å². The summed E-state index contributed by atoms with van der Waals surface area (Å²) in [5, 5.41) is 9.61. The first-order valence-corrected chi connectivity index (χ1v) is 8.61. The van der Waals surface area contributed by atoms with Crippen molar-refractivity contribution in [2.45, 2.75) is 38.6 Å². The molecule has 1 N–H and O–H groups in total. The number of hydrogen-bond donors (Lipinski definition) is 1. The smallest absolute Gasteiger partial charge is 0.320 e. The maximum Gasteiger partial charge on any atom is 0.320 e. The lowest BCUT2D eigenvalue weighted by molar-refractivity contribution is -0.142. The average molecular weight is 331 g/mol. The standard InChI is InChI=1S/C18H25N3O3/c1-14(22)20-10-6-18(7-11-20)12-16(17(23)24)21(13-18)9-5-15-4-2-3-8-19-15/h2-4,8,16H,5-7,9-13H2,1H3,(H,23,24)/t16-/m0/s1. The number of hydrogen-bond acceptors (Lipinski definition) is 4. The second-order valence-corrected chi connectivity index (χ2v) is 7.11. The largest absolute Gasteiger partial charge is 0.480 e. The number of aromatic nitrogens is 1. The Labute approximate surface area is 142 Å². The minimum atomic E-state index is -0.734. The number of carboxylic acids is 1. The van der Waals surface area contributed by atoms with Crippen molar-refractivity contribution >= 4 is 11.9 Å². The fraction of sp³-hybridized carbons (Fsp3) is 0.611. The van der Waals surface area contributed by atoms with Crippen molar-refractivity contribution < 1.29 is 14.7 Å². The van der Waals surface area contributed by atoms with Crippen molar-refractivity contribution in [1.82, 2.24) is 14.8 Å². The van der Waals surface area contributed by atoms with Gasteiger partial charge in [-0.15, -0.1) is 0 Å². The summed E-state index contributed by atoms with van der Waals surface area (Å²) in [6.45, 7) is 4.62. The van der Waals surface area contributed by atoms with E-state index in [9.17, 15) is 14.7 Å². The van der Waals surface area contributed by atoms with E-state index in [4.69, 9.17) is 0 Å². The minimum absolute atomic E-state index is 0.0408. The molecule has 1 spiro atoms. The van der Waals surface area contributed by atoms with E-state index in [1.807, 2.05) is 23.1 Å². The lowest BCUT2D eigenvalue weighted by Gasteiger charge is -2.39. The van der Waals surface area contributed by atoms with Crippen LogP contribution >= 0.6 is 0 Å². The second-order valence-electron chi connectivity index (χ2n) is 7.11. The maximum atomic E-state index is 11.7. The molecule has 2 aliphatic rings. The van der Waals surface area contributed by atoms with E-state index < -0.39 is 12.0 Å². The van der Waals surface area contributed by atoms with Crippen molar-refractivity contribution in [1.29, 1.82) is 0 Å². The number of carbonyl (C=O) groups is 2. The Morgan fingerprint density at radius 3 is 2.67 bits per heavy atom. The van der Waals surface area contributed by atoms with E-state index in [1.165, 1.54) is 0 Å². The Hall–Kier alpha value is -1.95. The Bertz CT molecular complexity index is 597. The summed E-state index contributed by atoms with van der Waals surface area (Å²) < 4.78 is 0. The van der Waals surface area contributed by atoms with Crippen LogP contribution in [0.2, 0.25) is 0 Å². The number of carbonyl (C=O) groups excluding carboxylic acids is 1. The minimum Gasteiger partial charge on any atom is -0.480 e. The van der Waals surface area contributed by atoms with Crippen LogP contribution in [0.5, 0.6) is 0 Å².